The number of imidazole rings is 1. The van der Waals surface area contributed by atoms with Crippen LogP contribution in [0.2, 0.25) is 5.02 Å². The molecule has 0 fully saturated rings. The molecule has 0 spiro atoms. The molecule has 0 aliphatic heterocycles. The van der Waals surface area contributed by atoms with Gasteiger partial charge >= 0.3 is 21.1 Å². The summed E-state index contributed by atoms with van der Waals surface area (Å²) < 4.78 is 133. The van der Waals surface area contributed by atoms with Gasteiger partial charge in [-0.3, -0.25) is 0 Å². The third kappa shape index (κ3) is 4.96. The second-order valence-corrected chi connectivity index (χ2v) is 10.0. The van der Waals surface area contributed by atoms with Gasteiger partial charge in [-0.15, -0.1) is 0 Å². The highest BCUT2D eigenvalue weighted by Crippen LogP contribution is 2.41. The minimum atomic E-state index is -6.55. The molecule has 0 aliphatic rings. The first-order chi connectivity index (χ1) is 15.0. The molecular formula is C16H9ClF6N2O6S2. The molecule has 17 heteroatoms. The predicted octanol–water partition coefficient (Wildman–Crippen LogP) is 4.32. The van der Waals surface area contributed by atoms with E-state index in [2.05, 4.69) is 14.2 Å². The topological polar surface area (TPSA) is 115 Å². The number of H-pyrrole nitrogens is 1. The number of hydrogen-bond donors (Lipinski definition) is 1. The fraction of sp³-hybridized carbons (Fsp3) is 0.188. The molecule has 0 unspecified atom stereocenters. The molecule has 1 aromatic heterocycles. The van der Waals surface area contributed by atoms with Crippen molar-refractivity contribution in [3.63, 3.8) is 0 Å². The first-order valence-corrected chi connectivity index (χ1v) is 11.5. The Kier molecular flexibility index (Phi) is 6.23. The fourth-order valence-electron chi connectivity index (χ4n) is 2.41. The number of benzene rings is 2. The summed E-state index contributed by atoms with van der Waals surface area (Å²) in [5.74, 6) is -1.71. The van der Waals surface area contributed by atoms with E-state index in [-0.39, 0.29) is 23.2 Å². The Balaban J connectivity index is 2.12. The summed E-state index contributed by atoms with van der Waals surface area (Å²) in [4.78, 5) is 4.27. The Morgan fingerprint density at radius 2 is 1.52 bits per heavy atom. The van der Waals surface area contributed by atoms with Crippen LogP contribution in [0.25, 0.3) is 11.0 Å². The molecular weight excluding hydrogens is 530 g/mol. The largest absolute Gasteiger partial charge is 0.534 e. The van der Waals surface area contributed by atoms with Crippen molar-refractivity contribution in [2.45, 2.75) is 22.5 Å². The number of halogens is 7. The van der Waals surface area contributed by atoms with Crippen LogP contribution in [0.5, 0.6) is 11.5 Å². The van der Waals surface area contributed by atoms with Gasteiger partial charge in [0.1, 0.15) is 28.6 Å². The van der Waals surface area contributed by atoms with Gasteiger partial charge in [0.05, 0.1) is 5.52 Å². The summed E-state index contributed by atoms with van der Waals surface area (Å²) in [5, 5.41) is 0.386. The van der Waals surface area contributed by atoms with Crippen molar-refractivity contribution in [2.75, 3.05) is 0 Å². The summed E-state index contributed by atoms with van der Waals surface area (Å²) in [6.45, 7) is -0.414. The first kappa shape index (κ1) is 24.9. The van der Waals surface area contributed by atoms with Gasteiger partial charge in [0.25, 0.3) is 9.84 Å². The highest BCUT2D eigenvalue weighted by atomic mass is 35.5. The van der Waals surface area contributed by atoms with E-state index in [1.807, 2.05) is 0 Å². The van der Waals surface area contributed by atoms with Crippen LogP contribution in [0.4, 0.5) is 26.3 Å². The number of ether oxygens (including phenoxy) is 1. The Labute approximate surface area is 186 Å². The van der Waals surface area contributed by atoms with Crippen LogP contribution < -0.4 is 8.92 Å². The van der Waals surface area contributed by atoms with E-state index in [9.17, 15) is 43.2 Å². The first-order valence-electron chi connectivity index (χ1n) is 8.25. The molecule has 0 amide bonds. The van der Waals surface area contributed by atoms with E-state index in [1.54, 1.807) is 0 Å². The number of aromatic amines is 1. The van der Waals surface area contributed by atoms with Crippen molar-refractivity contribution in [1.82, 2.24) is 9.97 Å². The number of nitrogens with zero attached hydrogens (tertiary/aromatic N) is 1. The van der Waals surface area contributed by atoms with Gasteiger partial charge in [-0.1, -0.05) is 11.6 Å². The molecule has 0 aliphatic carbocycles. The highest BCUT2D eigenvalue weighted by Gasteiger charge is 2.52. The molecule has 0 radical (unpaired) electrons. The zero-order valence-electron chi connectivity index (χ0n) is 15.5. The number of aromatic nitrogens is 2. The molecule has 0 bridgehead atoms. The number of sulfone groups is 1. The van der Waals surface area contributed by atoms with Crippen LogP contribution in [-0.2, 0) is 26.6 Å². The quantitative estimate of drug-likeness (QED) is 0.282. The SMILES string of the molecule is O=S(=O)(Oc1c(S(=O)(=O)C(F)(F)F)ccc2[nH]c(COc3ccc(Cl)cc3)nc12)C(F)(F)F. The van der Waals surface area contributed by atoms with Crippen molar-refractivity contribution in [3.05, 3.63) is 47.2 Å². The molecule has 8 nitrogen and oxygen atoms in total. The molecule has 2 aromatic carbocycles. The Morgan fingerprint density at radius 3 is 2.06 bits per heavy atom. The lowest BCUT2D eigenvalue weighted by Gasteiger charge is -2.14. The van der Waals surface area contributed by atoms with Gasteiger partial charge < -0.3 is 13.9 Å². The Morgan fingerprint density at radius 1 is 0.909 bits per heavy atom. The van der Waals surface area contributed by atoms with Crippen LogP contribution in [0.3, 0.4) is 0 Å². The van der Waals surface area contributed by atoms with Crippen LogP contribution >= 0.6 is 11.6 Å². The van der Waals surface area contributed by atoms with E-state index in [0.29, 0.717) is 5.02 Å². The predicted molar refractivity (Wildman–Crippen MR) is 101 cm³/mol. The maximum Gasteiger partial charge on any atom is 0.534 e. The number of alkyl halides is 6. The van der Waals surface area contributed by atoms with Gasteiger partial charge in [0, 0.05) is 5.02 Å². The standard InChI is InChI=1S/C16H9ClF6N2O6S2/c17-8-1-3-9(4-2-8)30-7-12-24-10-5-6-11(32(26,27)15(18,19)20)14(13(10)25-12)31-33(28,29)16(21,22)23/h1-6H,7H2,(H,24,25). The van der Waals surface area contributed by atoms with E-state index in [4.69, 9.17) is 16.3 Å². The third-order valence-electron chi connectivity index (χ3n) is 3.88. The molecule has 1 heterocycles. The van der Waals surface area contributed by atoms with Crippen molar-refractivity contribution in [3.8, 4) is 11.5 Å². The fourth-order valence-corrected chi connectivity index (χ4v) is 3.95. The molecule has 33 heavy (non-hydrogen) atoms. The van der Waals surface area contributed by atoms with Crippen molar-refractivity contribution >= 4 is 42.6 Å². The zero-order chi connectivity index (χ0) is 24.8. The average Bonchev–Trinajstić information content (AvgIpc) is 3.09. The summed E-state index contributed by atoms with van der Waals surface area (Å²) in [6, 6.07) is 6.83. The maximum absolute atomic E-state index is 13.0. The molecule has 0 atom stereocenters. The molecule has 0 saturated carbocycles. The lowest BCUT2D eigenvalue weighted by atomic mass is 10.3. The Bertz CT molecular complexity index is 1400. The number of nitrogens with one attached hydrogen (secondary N) is 1. The Hall–Kier alpha value is -2.72. The van der Waals surface area contributed by atoms with Gasteiger partial charge in [-0.25, -0.2) is 13.4 Å². The van der Waals surface area contributed by atoms with Crippen molar-refractivity contribution in [2.24, 2.45) is 0 Å². The van der Waals surface area contributed by atoms with Gasteiger partial charge in [0.2, 0.25) is 0 Å². The third-order valence-corrected chi connectivity index (χ3v) is 6.60. The highest BCUT2D eigenvalue weighted by molar-refractivity contribution is 7.92. The van der Waals surface area contributed by atoms with Crippen molar-refractivity contribution in [1.29, 1.82) is 0 Å². The van der Waals surface area contributed by atoms with Crippen LogP contribution in [-0.4, -0.2) is 37.8 Å². The second kappa shape index (κ2) is 8.25. The van der Waals surface area contributed by atoms with Gasteiger partial charge in [-0.2, -0.15) is 34.8 Å². The number of rotatable bonds is 6. The van der Waals surface area contributed by atoms with E-state index < -0.39 is 53.7 Å². The van der Waals surface area contributed by atoms with E-state index in [1.165, 1.54) is 24.3 Å². The van der Waals surface area contributed by atoms with Crippen LogP contribution in [0.1, 0.15) is 5.82 Å². The van der Waals surface area contributed by atoms with Crippen LogP contribution in [0, 0.1) is 0 Å². The lowest BCUT2D eigenvalue weighted by Crippen LogP contribution is -2.30. The molecule has 3 rings (SSSR count). The van der Waals surface area contributed by atoms with Crippen molar-refractivity contribution < 1.29 is 52.1 Å². The molecule has 3 aromatic rings. The molecule has 1 N–H and O–H groups in total. The molecule has 180 valence electrons. The minimum absolute atomic E-state index is 0.198. The van der Waals surface area contributed by atoms with Gasteiger partial charge in [-0.05, 0) is 36.4 Å². The van der Waals surface area contributed by atoms with E-state index in [0.717, 1.165) is 6.07 Å². The number of fused-ring (bicyclic) bond motifs is 1. The summed E-state index contributed by atoms with van der Waals surface area (Å²) in [6.07, 6.45) is 0. The van der Waals surface area contributed by atoms with Gasteiger partial charge in [0.15, 0.2) is 5.75 Å². The summed E-state index contributed by atoms with van der Waals surface area (Å²) in [5.41, 5.74) is -13.3. The zero-order valence-corrected chi connectivity index (χ0v) is 17.9. The second-order valence-electron chi connectivity index (χ2n) is 6.15. The summed E-state index contributed by atoms with van der Waals surface area (Å²) in [7, 11) is -12.9. The normalized spacial score (nSPS) is 13.3. The lowest BCUT2D eigenvalue weighted by molar-refractivity contribution is -0.0500. The van der Waals surface area contributed by atoms with E-state index >= 15 is 0 Å². The smallest absolute Gasteiger partial charge is 0.486 e. The monoisotopic (exact) mass is 538 g/mol. The number of hydrogen-bond acceptors (Lipinski definition) is 7. The van der Waals surface area contributed by atoms with Crippen LogP contribution in [0.15, 0.2) is 41.3 Å². The molecule has 0 saturated heterocycles. The average molecular weight is 539 g/mol. The minimum Gasteiger partial charge on any atom is -0.486 e. The maximum atomic E-state index is 13.0. The summed E-state index contributed by atoms with van der Waals surface area (Å²) >= 11 is 5.72.